The molecular weight excluding hydrogens is 667 g/mol. The van der Waals surface area contributed by atoms with Crippen LogP contribution in [0.5, 0.6) is 5.75 Å². The minimum atomic E-state index is -1.66. The quantitative estimate of drug-likeness (QED) is 0.214. The number of methoxy groups -OCH3 is 1. The first-order valence-corrected chi connectivity index (χ1v) is 17.7. The summed E-state index contributed by atoms with van der Waals surface area (Å²) in [6.45, 7) is 13.9. The van der Waals surface area contributed by atoms with Gasteiger partial charge >= 0.3 is 23.9 Å². The molecular formula is C33H39NO10S3. The lowest BCUT2D eigenvalue weighted by Crippen LogP contribution is -2.55. The van der Waals surface area contributed by atoms with Gasteiger partial charge in [0.15, 0.2) is 0 Å². The topological polar surface area (TPSA) is 135 Å². The Morgan fingerprint density at radius 2 is 1.26 bits per heavy atom. The molecule has 3 aliphatic rings. The highest BCUT2D eigenvalue weighted by Crippen LogP contribution is 2.71. The molecule has 254 valence electrons. The van der Waals surface area contributed by atoms with E-state index in [-0.39, 0.29) is 52.6 Å². The van der Waals surface area contributed by atoms with Crippen molar-refractivity contribution in [3.63, 3.8) is 0 Å². The Balaban J connectivity index is 2.19. The molecule has 3 aliphatic heterocycles. The van der Waals surface area contributed by atoms with Gasteiger partial charge in [-0.3, -0.25) is 4.79 Å². The second-order valence-electron chi connectivity index (χ2n) is 11.1. The fraction of sp³-hybridized carbons (Fsp3) is 0.485. The average molecular weight is 706 g/mol. The van der Waals surface area contributed by atoms with E-state index in [1.54, 1.807) is 64.6 Å². The van der Waals surface area contributed by atoms with Crippen LogP contribution >= 0.6 is 35.3 Å². The van der Waals surface area contributed by atoms with E-state index in [0.717, 1.165) is 35.3 Å². The lowest BCUT2D eigenvalue weighted by Gasteiger charge is -2.51. The molecule has 0 unspecified atom stereocenters. The number of benzene rings is 1. The molecule has 1 amide bonds. The molecule has 11 nitrogen and oxygen atoms in total. The predicted molar refractivity (Wildman–Crippen MR) is 182 cm³/mol. The Morgan fingerprint density at radius 1 is 0.766 bits per heavy atom. The number of carbonyl (C=O) groups is 5. The van der Waals surface area contributed by atoms with Gasteiger partial charge in [0.05, 0.1) is 50.3 Å². The van der Waals surface area contributed by atoms with Gasteiger partial charge in [0.2, 0.25) is 5.91 Å². The SMILES string of the molecule is CCOC(=O)C1=C(C(=O)OCC)SC2(S1)C(C(=O)OCC)=C(C(=O)OCC)SC1=C2c2cc(OC)ccc2N(C(=O)C(C)C)C1(C)C. The van der Waals surface area contributed by atoms with Crippen LogP contribution in [0.3, 0.4) is 0 Å². The van der Waals surface area contributed by atoms with E-state index >= 15 is 0 Å². The molecule has 1 aromatic rings. The molecule has 0 atom stereocenters. The Kier molecular flexibility index (Phi) is 11.2. The molecule has 3 heterocycles. The van der Waals surface area contributed by atoms with Crippen molar-refractivity contribution in [1.29, 1.82) is 0 Å². The second kappa shape index (κ2) is 14.4. The lowest BCUT2D eigenvalue weighted by atomic mass is 9.82. The van der Waals surface area contributed by atoms with Crippen molar-refractivity contribution in [2.75, 3.05) is 38.4 Å². The molecule has 0 radical (unpaired) electrons. The van der Waals surface area contributed by atoms with Crippen LogP contribution in [0.4, 0.5) is 5.69 Å². The van der Waals surface area contributed by atoms with Crippen LogP contribution in [0.2, 0.25) is 0 Å². The minimum Gasteiger partial charge on any atom is -0.497 e. The van der Waals surface area contributed by atoms with Gasteiger partial charge in [-0.15, -0.1) is 0 Å². The van der Waals surface area contributed by atoms with Crippen LogP contribution in [0.15, 0.2) is 43.4 Å². The van der Waals surface area contributed by atoms with E-state index < -0.39 is 39.4 Å². The number of carbonyl (C=O) groups excluding carboxylic acids is 5. The standard InChI is InChI=1S/C33H39NO10S3/c1-10-41-28(36)22-23(29(37)42-11-2)45-26-21(33(22)46-24(30(38)43-12-3)25(47-33)31(39)44-13-4)19-16-18(40-9)14-15-20(19)34(32(26,7)8)27(35)17(5)6/h14-17H,10-13H2,1-9H3. The van der Waals surface area contributed by atoms with Crippen molar-refractivity contribution < 1.29 is 47.7 Å². The summed E-state index contributed by atoms with van der Waals surface area (Å²) in [5, 5.41) is 0. The number of thioether (sulfide) groups is 3. The van der Waals surface area contributed by atoms with E-state index in [2.05, 4.69) is 0 Å². The summed E-state index contributed by atoms with van der Waals surface area (Å²) >= 11 is 2.84. The van der Waals surface area contributed by atoms with Crippen molar-refractivity contribution in [3.8, 4) is 5.75 Å². The zero-order valence-electron chi connectivity index (χ0n) is 27.9. The smallest absolute Gasteiger partial charge is 0.346 e. The fourth-order valence-electron chi connectivity index (χ4n) is 5.49. The van der Waals surface area contributed by atoms with Gasteiger partial charge in [0.25, 0.3) is 0 Å². The van der Waals surface area contributed by atoms with Gasteiger partial charge in [-0.2, -0.15) is 0 Å². The normalized spacial score (nSPS) is 17.8. The van der Waals surface area contributed by atoms with Crippen molar-refractivity contribution in [2.24, 2.45) is 5.92 Å². The first kappa shape index (κ1) is 36.5. The number of hydrogen-bond acceptors (Lipinski definition) is 13. The molecule has 14 heteroatoms. The Hall–Kier alpha value is -3.36. The molecule has 0 saturated heterocycles. The van der Waals surface area contributed by atoms with Crippen molar-refractivity contribution in [3.05, 3.63) is 49.0 Å². The maximum atomic E-state index is 14.1. The zero-order chi connectivity index (χ0) is 34.8. The van der Waals surface area contributed by atoms with Gasteiger partial charge in [0, 0.05) is 22.0 Å². The van der Waals surface area contributed by atoms with E-state index in [9.17, 15) is 24.0 Å². The summed E-state index contributed by atoms with van der Waals surface area (Å²) in [4.78, 5) is 70.9. The van der Waals surface area contributed by atoms with E-state index in [1.807, 2.05) is 13.8 Å². The van der Waals surface area contributed by atoms with Crippen LogP contribution < -0.4 is 9.64 Å². The van der Waals surface area contributed by atoms with Crippen LogP contribution in [0.25, 0.3) is 5.57 Å². The monoisotopic (exact) mass is 705 g/mol. The summed E-state index contributed by atoms with van der Waals surface area (Å²) in [7, 11) is 1.51. The van der Waals surface area contributed by atoms with Gasteiger partial charge in [-0.05, 0) is 59.7 Å². The molecule has 0 aromatic heterocycles. The number of esters is 4. The molecule has 1 spiro atoms. The van der Waals surface area contributed by atoms with Gasteiger partial charge in [-0.25, -0.2) is 19.2 Å². The third kappa shape index (κ3) is 6.31. The van der Waals surface area contributed by atoms with Crippen molar-refractivity contribution in [1.82, 2.24) is 0 Å². The molecule has 1 aromatic carbocycles. The van der Waals surface area contributed by atoms with Crippen molar-refractivity contribution >= 4 is 76.3 Å². The first-order valence-electron chi connectivity index (χ1n) is 15.3. The van der Waals surface area contributed by atoms with E-state index in [4.69, 9.17) is 23.7 Å². The molecule has 0 N–H and O–H groups in total. The zero-order valence-corrected chi connectivity index (χ0v) is 30.3. The summed E-state index contributed by atoms with van der Waals surface area (Å²) in [5.74, 6) is -3.30. The summed E-state index contributed by atoms with van der Waals surface area (Å²) < 4.78 is 25.7. The maximum Gasteiger partial charge on any atom is 0.346 e. The second-order valence-corrected chi connectivity index (χ2v) is 14.9. The van der Waals surface area contributed by atoms with Crippen molar-refractivity contribution in [2.45, 2.75) is 65.0 Å². The third-order valence-corrected chi connectivity index (χ3v) is 12.1. The summed E-state index contributed by atoms with van der Waals surface area (Å²) in [5.41, 5.74) is 0.344. The number of anilines is 1. The molecule has 0 bridgehead atoms. The number of rotatable bonds is 10. The van der Waals surface area contributed by atoms with Gasteiger partial charge in [0.1, 0.15) is 24.5 Å². The van der Waals surface area contributed by atoms with Crippen LogP contribution in [0, 0.1) is 5.92 Å². The first-order chi connectivity index (χ1) is 22.2. The summed E-state index contributed by atoms with van der Waals surface area (Å²) in [6, 6.07) is 5.24. The van der Waals surface area contributed by atoms with Crippen LogP contribution in [-0.4, -0.2) is 72.9 Å². The molecule has 0 fully saturated rings. The van der Waals surface area contributed by atoms with Crippen LogP contribution in [-0.2, 0) is 42.9 Å². The lowest BCUT2D eigenvalue weighted by molar-refractivity contribution is -0.141. The molecule has 0 aliphatic carbocycles. The minimum absolute atomic E-state index is 0.0139. The Bertz CT molecular complexity index is 1580. The number of amides is 1. The maximum absolute atomic E-state index is 14.1. The van der Waals surface area contributed by atoms with Gasteiger partial charge in [-0.1, -0.05) is 49.1 Å². The predicted octanol–water partition coefficient (Wildman–Crippen LogP) is 5.83. The van der Waals surface area contributed by atoms with Gasteiger partial charge < -0.3 is 28.6 Å². The van der Waals surface area contributed by atoms with E-state index in [0.29, 0.717) is 27.5 Å². The highest BCUT2D eigenvalue weighted by atomic mass is 32.2. The van der Waals surface area contributed by atoms with Crippen LogP contribution in [0.1, 0.15) is 61.0 Å². The third-order valence-electron chi connectivity index (χ3n) is 7.42. The molecule has 0 saturated carbocycles. The number of fused-ring (bicyclic) bond motifs is 3. The molecule has 47 heavy (non-hydrogen) atoms. The van der Waals surface area contributed by atoms with E-state index in [1.165, 1.54) is 7.11 Å². The molecule has 4 rings (SSSR count). The highest BCUT2D eigenvalue weighted by molar-refractivity contribution is 8.26. The highest BCUT2D eigenvalue weighted by Gasteiger charge is 2.62. The average Bonchev–Trinajstić information content (AvgIpc) is 3.41. The number of hydrogen-bond donors (Lipinski definition) is 0. The fourth-order valence-corrected chi connectivity index (χ4v) is 10.5. The Morgan fingerprint density at radius 3 is 1.72 bits per heavy atom. The number of nitrogens with zero attached hydrogens (tertiary/aromatic N) is 1. The summed E-state index contributed by atoms with van der Waals surface area (Å²) in [6.07, 6.45) is 0. The number of ether oxygens (including phenoxy) is 5. The Labute approximate surface area is 287 Å². The largest absolute Gasteiger partial charge is 0.497 e.